The van der Waals surface area contributed by atoms with Gasteiger partial charge in [0.1, 0.15) is 5.76 Å². The van der Waals surface area contributed by atoms with E-state index in [-0.39, 0.29) is 31.0 Å². The number of methoxy groups -OCH3 is 1. The summed E-state index contributed by atoms with van der Waals surface area (Å²) < 4.78 is 23.4. The van der Waals surface area contributed by atoms with Crippen LogP contribution in [-0.2, 0) is 22.5 Å². The fourth-order valence-corrected chi connectivity index (χ4v) is 1.66. The number of hydrogen-bond acceptors (Lipinski definition) is 4. The van der Waals surface area contributed by atoms with Gasteiger partial charge in [0.05, 0.1) is 20.1 Å². The van der Waals surface area contributed by atoms with Gasteiger partial charge >= 0.3 is 5.97 Å². The van der Waals surface area contributed by atoms with E-state index < -0.39 is 11.8 Å². The molecule has 1 heterocycles. The molecule has 0 fully saturated rings. The fraction of sp³-hybridized carbons (Fsp3) is 0.250. The standard InChI is InChI=1S/C12H12FNO3.ClH/c1-16-11(15)4-7-2-8-5-9(6-14)17-12(8)10(13)3-7;/h2-3,5H,4,6,14H2,1H3;1H. The van der Waals surface area contributed by atoms with Crippen molar-refractivity contribution in [3.05, 3.63) is 35.3 Å². The molecular formula is C12H13ClFNO3. The maximum atomic E-state index is 13.7. The number of carbonyl (C=O) groups is 1. The second kappa shape index (κ2) is 5.84. The largest absolute Gasteiger partial charge is 0.469 e. The number of carbonyl (C=O) groups excluding carboxylic acids is 1. The van der Waals surface area contributed by atoms with Crippen LogP contribution in [0.4, 0.5) is 4.39 Å². The molecule has 0 bridgehead atoms. The molecule has 0 saturated carbocycles. The van der Waals surface area contributed by atoms with Crippen molar-refractivity contribution in [2.75, 3.05) is 7.11 Å². The van der Waals surface area contributed by atoms with Crippen LogP contribution in [0.25, 0.3) is 11.0 Å². The molecule has 0 amide bonds. The molecule has 1 aromatic carbocycles. The van der Waals surface area contributed by atoms with Crippen molar-refractivity contribution in [2.45, 2.75) is 13.0 Å². The summed E-state index contributed by atoms with van der Waals surface area (Å²) >= 11 is 0. The normalized spacial score (nSPS) is 10.2. The zero-order chi connectivity index (χ0) is 12.4. The summed E-state index contributed by atoms with van der Waals surface area (Å²) in [6, 6.07) is 4.63. The zero-order valence-corrected chi connectivity index (χ0v) is 10.6. The second-order valence-electron chi connectivity index (χ2n) is 3.67. The Morgan fingerprint density at radius 2 is 2.17 bits per heavy atom. The number of benzene rings is 1. The number of fused-ring (bicyclic) bond motifs is 1. The number of rotatable bonds is 3. The Morgan fingerprint density at radius 3 is 2.78 bits per heavy atom. The first-order valence-corrected chi connectivity index (χ1v) is 5.11. The molecule has 1 aromatic heterocycles. The highest BCUT2D eigenvalue weighted by Crippen LogP contribution is 2.24. The minimum atomic E-state index is -0.499. The molecule has 6 heteroatoms. The third kappa shape index (κ3) is 2.80. The Kier molecular flexibility index (Phi) is 4.69. The van der Waals surface area contributed by atoms with Gasteiger partial charge in [0.2, 0.25) is 0 Å². The molecular weight excluding hydrogens is 261 g/mol. The molecule has 2 N–H and O–H groups in total. The molecule has 0 aliphatic heterocycles. The van der Waals surface area contributed by atoms with Gasteiger partial charge in [-0.05, 0) is 23.8 Å². The quantitative estimate of drug-likeness (QED) is 0.871. The van der Waals surface area contributed by atoms with Crippen LogP contribution in [0.1, 0.15) is 11.3 Å². The van der Waals surface area contributed by atoms with Crippen molar-refractivity contribution in [2.24, 2.45) is 5.73 Å². The molecule has 18 heavy (non-hydrogen) atoms. The van der Waals surface area contributed by atoms with E-state index in [1.54, 1.807) is 12.1 Å². The van der Waals surface area contributed by atoms with Crippen LogP contribution in [0.2, 0.25) is 0 Å². The number of halogens is 2. The topological polar surface area (TPSA) is 65.5 Å². The van der Waals surface area contributed by atoms with Crippen LogP contribution in [0, 0.1) is 5.82 Å². The van der Waals surface area contributed by atoms with E-state index in [1.807, 2.05) is 0 Å². The van der Waals surface area contributed by atoms with Gasteiger partial charge in [-0.2, -0.15) is 0 Å². The van der Waals surface area contributed by atoms with Gasteiger partial charge in [0, 0.05) is 5.39 Å². The van der Waals surface area contributed by atoms with Gasteiger partial charge in [0.15, 0.2) is 11.4 Å². The Morgan fingerprint density at radius 1 is 1.44 bits per heavy atom. The van der Waals surface area contributed by atoms with Gasteiger partial charge in [-0.25, -0.2) is 4.39 Å². The smallest absolute Gasteiger partial charge is 0.309 e. The Bertz CT molecular complexity index is 568. The van der Waals surface area contributed by atoms with E-state index >= 15 is 0 Å². The summed E-state index contributed by atoms with van der Waals surface area (Å²) in [5.41, 5.74) is 6.13. The Hall–Kier alpha value is -1.59. The molecule has 4 nitrogen and oxygen atoms in total. The average Bonchev–Trinajstić information content (AvgIpc) is 2.72. The van der Waals surface area contributed by atoms with E-state index in [0.717, 1.165) is 0 Å². The van der Waals surface area contributed by atoms with E-state index in [1.165, 1.54) is 13.2 Å². The van der Waals surface area contributed by atoms with E-state index in [4.69, 9.17) is 10.2 Å². The molecule has 0 aliphatic rings. The summed E-state index contributed by atoms with van der Waals surface area (Å²) in [4.78, 5) is 11.1. The first-order valence-electron chi connectivity index (χ1n) is 5.11. The minimum absolute atomic E-state index is 0. The highest BCUT2D eigenvalue weighted by Gasteiger charge is 2.11. The Labute approximate surface area is 109 Å². The molecule has 2 rings (SSSR count). The number of hydrogen-bond donors (Lipinski definition) is 1. The second-order valence-corrected chi connectivity index (χ2v) is 3.67. The molecule has 98 valence electrons. The summed E-state index contributed by atoms with van der Waals surface area (Å²) in [7, 11) is 1.29. The SMILES string of the molecule is COC(=O)Cc1cc(F)c2oc(CN)cc2c1.Cl. The van der Waals surface area contributed by atoms with E-state index in [9.17, 15) is 9.18 Å². The molecule has 0 saturated heterocycles. The zero-order valence-electron chi connectivity index (χ0n) is 9.73. The van der Waals surface area contributed by atoms with Crippen molar-refractivity contribution in [3.63, 3.8) is 0 Å². The highest BCUT2D eigenvalue weighted by molar-refractivity contribution is 5.85. The highest BCUT2D eigenvalue weighted by atomic mass is 35.5. The molecule has 2 aromatic rings. The van der Waals surface area contributed by atoms with Crippen LogP contribution >= 0.6 is 12.4 Å². The number of ether oxygens (including phenoxy) is 1. The van der Waals surface area contributed by atoms with Crippen LogP contribution in [0.15, 0.2) is 22.6 Å². The van der Waals surface area contributed by atoms with Crippen molar-refractivity contribution >= 4 is 29.3 Å². The monoisotopic (exact) mass is 273 g/mol. The average molecular weight is 274 g/mol. The molecule has 0 atom stereocenters. The lowest BCUT2D eigenvalue weighted by molar-refractivity contribution is -0.139. The molecule has 0 spiro atoms. The lowest BCUT2D eigenvalue weighted by atomic mass is 10.1. The predicted octanol–water partition coefficient (Wildman–Crippen LogP) is 2.17. The molecule has 0 unspecified atom stereocenters. The van der Waals surface area contributed by atoms with Crippen LogP contribution in [0.5, 0.6) is 0 Å². The van der Waals surface area contributed by atoms with Gasteiger partial charge in [-0.15, -0.1) is 12.4 Å². The summed E-state index contributed by atoms with van der Waals surface area (Å²) in [6.07, 6.45) is 0.0342. The van der Waals surface area contributed by atoms with Crippen molar-refractivity contribution in [3.8, 4) is 0 Å². The summed E-state index contributed by atoms with van der Waals surface area (Å²) in [6.45, 7) is 0.209. The minimum Gasteiger partial charge on any atom is -0.469 e. The fourth-order valence-electron chi connectivity index (χ4n) is 1.66. The predicted molar refractivity (Wildman–Crippen MR) is 67.0 cm³/mol. The first kappa shape index (κ1) is 14.5. The van der Waals surface area contributed by atoms with Gasteiger partial charge in [-0.1, -0.05) is 0 Å². The van der Waals surface area contributed by atoms with Crippen LogP contribution in [0.3, 0.4) is 0 Å². The van der Waals surface area contributed by atoms with Crippen molar-refractivity contribution < 1.29 is 18.3 Å². The maximum absolute atomic E-state index is 13.7. The van der Waals surface area contributed by atoms with Crippen LogP contribution in [-0.4, -0.2) is 13.1 Å². The summed E-state index contributed by atoms with van der Waals surface area (Å²) in [5, 5.41) is 0.601. The van der Waals surface area contributed by atoms with Crippen molar-refractivity contribution in [1.29, 1.82) is 0 Å². The maximum Gasteiger partial charge on any atom is 0.309 e. The number of furan rings is 1. The third-order valence-corrected chi connectivity index (χ3v) is 2.46. The molecule has 0 radical (unpaired) electrons. The van der Waals surface area contributed by atoms with Gasteiger partial charge in [0.25, 0.3) is 0 Å². The summed E-state index contributed by atoms with van der Waals surface area (Å²) in [5.74, 6) is -0.401. The van der Waals surface area contributed by atoms with Gasteiger partial charge in [-0.3, -0.25) is 4.79 Å². The van der Waals surface area contributed by atoms with Gasteiger partial charge < -0.3 is 14.9 Å². The number of esters is 1. The lowest BCUT2D eigenvalue weighted by Crippen LogP contribution is -2.04. The first-order chi connectivity index (χ1) is 8.13. The van der Waals surface area contributed by atoms with E-state index in [2.05, 4.69) is 4.74 Å². The number of nitrogens with two attached hydrogens (primary N) is 1. The Balaban J connectivity index is 0.00000162. The van der Waals surface area contributed by atoms with E-state index in [0.29, 0.717) is 16.7 Å². The third-order valence-electron chi connectivity index (χ3n) is 2.46. The van der Waals surface area contributed by atoms with Crippen molar-refractivity contribution in [1.82, 2.24) is 0 Å². The van der Waals surface area contributed by atoms with Crippen LogP contribution < -0.4 is 5.73 Å². The molecule has 0 aliphatic carbocycles. The lowest BCUT2D eigenvalue weighted by Gasteiger charge is -2.00.